The lowest BCUT2D eigenvalue weighted by molar-refractivity contribution is 0.0697. The Morgan fingerprint density at radius 3 is 2.33 bits per heavy atom. The van der Waals surface area contributed by atoms with Gasteiger partial charge in [0.05, 0.1) is 5.56 Å². The molecule has 0 radical (unpaired) electrons. The molecule has 0 atom stereocenters. The first-order valence-corrected chi connectivity index (χ1v) is 7.17. The molecule has 0 aromatic heterocycles. The van der Waals surface area contributed by atoms with E-state index < -0.39 is 5.97 Å². The van der Waals surface area contributed by atoms with Gasteiger partial charge in [0.2, 0.25) is 0 Å². The van der Waals surface area contributed by atoms with Gasteiger partial charge in [-0.25, -0.2) is 4.79 Å². The van der Waals surface area contributed by atoms with E-state index in [0.29, 0.717) is 11.1 Å². The summed E-state index contributed by atoms with van der Waals surface area (Å²) in [6, 6.07) is 10.7. The van der Waals surface area contributed by atoms with Crippen molar-refractivity contribution in [3.8, 4) is 11.1 Å². The molecule has 21 heavy (non-hydrogen) atoms. The number of ketones is 1. The predicted molar refractivity (Wildman–Crippen MR) is 80.9 cm³/mol. The number of aryl methyl sites for hydroxylation is 1. The molecule has 2 aromatic carbocycles. The molecular formula is C18H16O3. The maximum absolute atomic E-state index is 12.5. The highest BCUT2D eigenvalue weighted by molar-refractivity contribution is 6.22. The number of carbonyl (C=O) groups is 2. The van der Waals surface area contributed by atoms with E-state index in [1.165, 1.54) is 6.07 Å². The molecule has 0 aliphatic heterocycles. The van der Waals surface area contributed by atoms with Gasteiger partial charge in [0.15, 0.2) is 5.78 Å². The van der Waals surface area contributed by atoms with Crippen molar-refractivity contribution in [2.45, 2.75) is 26.2 Å². The smallest absolute Gasteiger partial charge is 0.335 e. The summed E-state index contributed by atoms with van der Waals surface area (Å²) in [4.78, 5) is 23.5. The summed E-state index contributed by atoms with van der Waals surface area (Å²) in [6.07, 6.45) is 3.18. The van der Waals surface area contributed by atoms with E-state index in [1.807, 2.05) is 12.1 Å². The van der Waals surface area contributed by atoms with Crippen LogP contribution in [0.3, 0.4) is 0 Å². The number of aromatic carboxylic acids is 1. The largest absolute Gasteiger partial charge is 0.478 e. The molecule has 1 aliphatic carbocycles. The fraction of sp³-hybridized carbons (Fsp3) is 0.222. The zero-order valence-electron chi connectivity index (χ0n) is 11.8. The van der Waals surface area contributed by atoms with E-state index in [0.717, 1.165) is 36.0 Å². The molecule has 0 unspecified atom stereocenters. The molecule has 106 valence electrons. The fourth-order valence-electron chi connectivity index (χ4n) is 2.80. The van der Waals surface area contributed by atoms with Crippen molar-refractivity contribution in [1.82, 2.24) is 0 Å². The molecule has 0 amide bonds. The number of benzene rings is 2. The highest BCUT2D eigenvalue weighted by atomic mass is 16.4. The molecule has 3 nitrogen and oxygen atoms in total. The minimum absolute atomic E-state index is 0.0681. The van der Waals surface area contributed by atoms with E-state index in [1.54, 1.807) is 12.1 Å². The quantitative estimate of drug-likeness (QED) is 0.787. The number of hydrogen-bond acceptors (Lipinski definition) is 2. The van der Waals surface area contributed by atoms with Crippen LogP contribution < -0.4 is 0 Å². The molecule has 3 heteroatoms. The Morgan fingerprint density at radius 2 is 1.67 bits per heavy atom. The Bertz CT molecular complexity index is 744. The zero-order chi connectivity index (χ0) is 15.0. The van der Waals surface area contributed by atoms with Crippen LogP contribution in [-0.2, 0) is 6.42 Å². The summed E-state index contributed by atoms with van der Waals surface area (Å²) < 4.78 is 0. The van der Waals surface area contributed by atoms with Crippen LogP contribution in [0.2, 0.25) is 0 Å². The van der Waals surface area contributed by atoms with Gasteiger partial charge < -0.3 is 5.11 Å². The van der Waals surface area contributed by atoms with Gasteiger partial charge in [0, 0.05) is 11.1 Å². The first kappa shape index (κ1) is 13.6. The van der Waals surface area contributed by atoms with E-state index in [2.05, 4.69) is 13.0 Å². The van der Waals surface area contributed by atoms with Crippen LogP contribution in [0.4, 0.5) is 0 Å². The van der Waals surface area contributed by atoms with Crippen LogP contribution in [-0.4, -0.2) is 16.9 Å². The average Bonchev–Trinajstić information content (AvgIpc) is 2.77. The minimum atomic E-state index is -1.01. The molecule has 1 aliphatic rings. The SMILES string of the molecule is CCCCc1ccc2c(c1)C(=O)c1cc(C(=O)O)ccc1-2. The molecule has 1 N–H and O–H groups in total. The third-order valence-corrected chi connectivity index (χ3v) is 3.95. The van der Waals surface area contributed by atoms with Crippen molar-refractivity contribution < 1.29 is 14.7 Å². The van der Waals surface area contributed by atoms with Gasteiger partial charge in [-0.2, -0.15) is 0 Å². The molecule has 0 saturated heterocycles. The molecule has 0 fully saturated rings. The summed E-state index contributed by atoms with van der Waals surface area (Å²) in [5.74, 6) is -1.08. The first-order valence-electron chi connectivity index (χ1n) is 7.17. The van der Waals surface area contributed by atoms with Crippen LogP contribution in [0, 0.1) is 0 Å². The third-order valence-electron chi connectivity index (χ3n) is 3.95. The minimum Gasteiger partial charge on any atom is -0.478 e. The second-order valence-corrected chi connectivity index (χ2v) is 5.38. The number of fused-ring (bicyclic) bond motifs is 3. The lowest BCUT2D eigenvalue weighted by atomic mass is 10.0. The number of unbranched alkanes of at least 4 members (excludes halogenated alkanes) is 1. The zero-order valence-corrected chi connectivity index (χ0v) is 11.8. The van der Waals surface area contributed by atoms with Gasteiger partial charge >= 0.3 is 5.97 Å². The summed E-state index contributed by atoms with van der Waals surface area (Å²) >= 11 is 0. The monoisotopic (exact) mass is 280 g/mol. The third kappa shape index (κ3) is 2.25. The van der Waals surface area contributed by atoms with Crippen molar-refractivity contribution in [1.29, 1.82) is 0 Å². The van der Waals surface area contributed by atoms with Gasteiger partial charge in [0.1, 0.15) is 0 Å². The van der Waals surface area contributed by atoms with Crippen LogP contribution in [0.5, 0.6) is 0 Å². The number of carboxylic acids is 1. The number of hydrogen-bond donors (Lipinski definition) is 1. The van der Waals surface area contributed by atoms with Crippen LogP contribution >= 0.6 is 0 Å². The predicted octanol–water partition coefficient (Wildman–Crippen LogP) is 3.94. The Hall–Kier alpha value is -2.42. The summed E-state index contributed by atoms with van der Waals surface area (Å²) in [5.41, 5.74) is 4.25. The highest BCUT2D eigenvalue weighted by Gasteiger charge is 2.27. The number of carboxylic acid groups (broad SMARTS) is 1. The molecule has 0 spiro atoms. The number of carbonyl (C=O) groups excluding carboxylic acids is 1. The maximum Gasteiger partial charge on any atom is 0.335 e. The van der Waals surface area contributed by atoms with E-state index in [9.17, 15) is 9.59 Å². The topological polar surface area (TPSA) is 54.4 Å². The lowest BCUT2D eigenvalue weighted by Gasteiger charge is -2.04. The van der Waals surface area contributed by atoms with Crippen molar-refractivity contribution in [3.05, 3.63) is 58.7 Å². The molecular weight excluding hydrogens is 264 g/mol. The Morgan fingerprint density at radius 1 is 1.00 bits per heavy atom. The first-order chi connectivity index (χ1) is 10.1. The standard InChI is InChI=1S/C18H16O3/c1-2-3-4-11-5-7-13-14-8-6-12(18(20)21)10-16(14)17(19)15(13)9-11/h5-10H,2-4H2,1H3,(H,20,21). The van der Waals surface area contributed by atoms with E-state index in [4.69, 9.17) is 5.11 Å². The van der Waals surface area contributed by atoms with Crippen molar-refractivity contribution >= 4 is 11.8 Å². The van der Waals surface area contributed by atoms with Gasteiger partial charge in [-0.15, -0.1) is 0 Å². The highest BCUT2D eigenvalue weighted by Crippen LogP contribution is 2.37. The van der Waals surface area contributed by atoms with Crippen LogP contribution in [0.1, 0.15) is 51.6 Å². The second-order valence-electron chi connectivity index (χ2n) is 5.38. The van der Waals surface area contributed by atoms with Gasteiger partial charge in [-0.05, 0) is 47.7 Å². The normalized spacial score (nSPS) is 12.1. The molecule has 0 saturated carbocycles. The lowest BCUT2D eigenvalue weighted by Crippen LogP contribution is -2.00. The summed E-state index contributed by atoms with van der Waals surface area (Å²) in [5, 5.41) is 9.05. The maximum atomic E-state index is 12.5. The molecule has 0 heterocycles. The van der Waals surface area contributed by atoms with E-state index in [-0.39, 0.29) is 11.3 Å². The molecule has 3 rings (SSSR count). The van der Waals surface area contributed by atoms with Gasteiger partial charge in [-0.3, -0.25) is 4.79 Å². The summed E-state index contributed by atoms with van der Waals surface area (Å²) in [7, 11) is 0. The fourth-order valence-corrected chi connectivity index (χ4v) is 2.80. The van der Waals surface area contributed by atoms with Crippen molar-refractivity contribution in [3.63, 3.8) is 0 Å². The van der Waals surface area contributed by atoms with Crippen LogP contribution in [0.25, 0.3) is 11.1 Å². The van der Waals surface area contributed by atoms with Gasteiger partial charge in [0.25, 0.3) is 0 Å². The second kappa shape index (κ2) is 5.17. The van der Waals surface area contributed by atoms with Crippen molar-refractivity contribution in [2.75, 3.05) is 0 Å². The van der Waals surface area contributed by atoms with Gasteiger partial charge in [-0.1, -0.05) is 31.5 Å². The Balaban J connectivity index is 2.05. The average molecular weight is 280 g/mol. The Kier molecular flexibility index (Phi) is 3.34. The summed E-state index contributed by atoms with van der Waals surface area (Å²) in [6.45, 7) is 2.14. The van der Waals surface area contributed by atoms with E-state index >= 15 is 0 Å². The molecule has 2 aromatic rings. The van der Waals surface area contributed by atoms with Crippen LogP contribution in [0.15, 0.2) is 36.4 Å². The Labute approximate surface area is 123 Å². The number of rotatable bonds is 4. The van der Waals surface area contributed by atoms with Crippen molar-refractivity contribution in [2.24, 2.45) is 0 Å². The molecule has 0 bridgehead atoms.